The number of hydrogen-bond donors (Lipinski definition) is 2. The van der Waals surface area contributed by atoms with E-state index in [1.54, 1.807) is 23.7 Å². The molecule has 0 atom stereocenters. The van der Waals surface area contributed by atoms with Gasteiger partial charge in [0.15, 0.2) is 5.96 Å². The van der Waals surface area contributed by atoms with E-state index in [4.69, 9.17) is 23.2 Å². The second-order valence-corrected chi connectivity index (χ2v) is 5.51. The van der Waals surface area contributed by atoms with Crippen molar-refractivity contribution in [3.05, 3.63) is 57.6 Å². The number of aliphatic imine (C=N–C) groups is 1. The number of rotatable bonds is 4. The van der Waals surface area contributed by atoms with Crippen LogP contribution >= 0.6 is 47.2 Å². The molecule has 0 aliphatic rings. The Kier molecular flexibility index (Phi) is 8.15. The van der Waals surface area contributed by atoms with Crippen molar-refractivity contribution in [2.75, 3.05) is 7.05 Å². The molecule has 1 heterocycles. The van der Waals surface area contributed by atoms with Crippen LogP contribution in [0.4, 0.5) is 4.39 Å². The summed E-state index contributed by atoms with van der Waals surface area (Å²) in [4.78, 5) is 4.12. The molecule has 0 spiro atoms. The van der Waals surface area contributed by atoms with E-state index in [0.29, 0.717) is 29.2 Å². The molecule has 0 radical (unpaired) electrons. The summed E-state index contributed by atoms with van der Waals surface area (Å²) < 4.78 is 14.9. The highest BCUT2D eigenvalue weighted by molar-refractivity contribution is 14.0. The minimum Gasteiger partial charge on any atom is -0.352 e. The zero-order chi connectivity index (χ0) is 16.1. The van der Waals surface area contributed by atoms with E-state index < -0.39 is 0 Å². The number of hydrogen-bond acceptors (Lipinski definition) is 1. The Balaban J connectivity index is 0.00000264. The number of benzene rings is 1. The summed E-state index contributed by atoms with van der Waals surface area (Å²) >= 11 is 12.0. The summed E-state index contributed by atoms with van der Waals surface area (Å²) in [5.41, 5.74) is 1.77. The van der Waals surface area contributed by atoms with E-state index in [9.17, 15) is 4.39 Å². The van der Waals surface area contributed by atoms with Gasteiger partial charge in [-0.05, 0) is 23.8 Å². The largest absolute Gasteiger partial charge is 0.352 e. The number of guanidine groups is 1. The Morgan fingerprint density at radius 1 is 1.22 bits per heavy atom. The Labute approximate surface area is 162 Å². The zero-order valence-electron chi connectivity index (χ0n) is 12.7. The number of aromatic nitrogens is 1. The Morgan fingerprint density at radius 3 is 2.48 bits per heavy atom. The maximum Gasteiger partial charge on any atom is 0.191 e. The smallest absolute Gasteiger partial charge is 0.191 e. The fourth-order valence-electron chi connectivity index (χ4n) is 1.99. The quantitative estimate of drug-likeness (QED) is 0.403. The fraction of sp³-hybridized carbons (Fsp3) is 0.267. The van der Waals surface area contributed by atoms with Crippen molar-refractivity contribution in [3.8, 4) is 0 Å². The van der Waals surface area contributed by atoms with Gasteiger partial charge in [-0.1, -0.05) is 35.3 Å². The number of nitrogens with zero attached hydrogens (tertiary/aromatic N) is 2. The van der Waals surface area contributed by atoms with Gasteiger partial charge in [0.05, 0.1) is 11.6 Å². The lowest BCUT2D eigenvalue weighted by atomic mass is 10.2. The molecule has 8 heteroatoms. The van der Waals surface area contributed by atoms with Gasteiger partial charge in [0.25, 0.3) is 0 Å². The van der Waals surface area contributed by atoms with Crippen LogP contribution in [0.5, 0.6) is 0 Å². The second kappa shape index (κ2) is 9.34. The molecular formula is C15H18Cl2FIN4. The first-order chi connectivity index (χ1) is 10.5. The molecule has 1 aromatic heterocycles. The van der Waals surface area contributed by atoms with Crippen LogP contribution in [0.15, 0.2) is 35.3 Å². The molecule has 1 aromatic carbocycles. The van der Waals surface area contributed by atoms with E-state index in [0.717, 1.165) is 11.3 Å². The average molecular weight is 471 g/mol. The van der Waals surface area contributed by atoms with Crippen molar-refractivity contribution in [1.82, 2.24) is 15.2 Å². The predicted octanol–water partition coefficient (Wildman–Crippen LogP) is 3.95. The molecule has 23 heavy (non-hydrogen) atoms. The summed E-state index contributed by atoms with van der Waals surface area (Å²) in [6.45, 7) is 0.998. The van der Waals surface area contributed by atoms with Crippen molar-refractivity contribution in [1.29, 1.82) is 0 Å². The fourth-order valence-corrected chi connectivity index (χ4v) is 2.40. The van der Waals surface area contributed by atoms with Gasteiger partial charge in [-0.3, -0.25) is 4.99 Å². The van der Waals surface area contributed by atoms with Crippen LogP contribution in [-0.2, 0) is 20.1 Å². The van der Waals surface area contributed by atoms with E-state index in [-0.39, 0.29) is 29.8 Å². The molecule has 0 saturated heterocycles. The van der Waals surface area contributed by atoms with Gasteiger partial charge in [0.2, 0.25) is 0 Å². The molecule has 0 bridgehead atoms. The standard InChI is InChI=1S/C15H17Cl2FN4.HI/c1-19-15(20-8-10-4-3-5-11(18)6-10)21-9-12-7-13(16)14(17)22(12)2;/h3-7H,8-9H2,1-2H3,(H2,19,20,21);1H. The molecule has 0 amide bonds. The maximum atomic E-state index is 13.1. The van der Waals surface area contributed by atoms with Gasteiger partial charge in [-0.2, -0.15) is 0 Å². The van der Waals surface area contributed by atoms with Crippen LogP contribution in [0.2, 0.25) is 10.2 Å². The summed E-state index contributed by atoms with van der Waals surface area (Å²) in [6, 6.07) is 8.23. The normalized spacial score (nSPS) is 11.1. The molecule has 0 aliphatic carbocycles. The lowest BCUT2D eigenvalue weighted by Gasteiger charge is -2.12. The highest BCUT2D eigenvalue weighted by Crippen LogP contribution is 2.24. The van der Waals surface area contributed by atoms with Crippen LogP contribution in [0.3, 0.4) is 0 Å². The first-order valence-corrected chi connectivity index (χ1v) is 7.45. The van der Waals surface area contributed by atoms with Gasteiger partial charge in [0.1, 0.15) is 11.0 Å². The van der Waals surface area contributed by atoms with Crippen LogP contribution in [0.25, 0.3) is 0 Å². The third-order valence-corrected chi connectivity index (χ3v) is 4.07. The van der Waals surface area contributed by atoms with E-state index in [1.165, 1.54) is 12.1 Å². The third kappa shape index (κ3) is 5.54. The van der Waals surface area contributed by atoms with Crippen LogP contribution in [-0.4, -0.2) is 17.6 Å². The predicted molar refractivity (Wildman–Crippen MR) is 104 cm³/mol. The average Bonchev–Trinajstić information content (AvgIpc) is 2.75. The van der Waals surface area contributed by atoms with Gasteiger partial charge >= 0.3 is 0 Å². The van der Waals surface area contributed by atoms with Crippen molar-refractivity contribution in [3.63, 3.8) is 0 Å². The number of halogens is 4. The Hall–Kier alpha value is -0.990. The molecule has 0 fully saturated rings. The molecule has 2 N–H and O–H groups in total. The summed E-state index contributed by atoms with van der Waals surface area (Å²) in [5, 5.41) is 7.30. The van der Waals surface area contributed by atoms with Crippen molar-refractivity contribution >= 4 is 53.1 Å². The molecule has 4 nitrogen and oxygen atoms in total. The summed E-state index contributed by atoms with van der Waals surface area (Å²) in [6.07, 6.45) is 0. The lowest BCUT2D eigenvalue weighted by molar-refractivity contribution is 0.624. The zero-order valence-corrected chi connectivity index (χ0v) is 16.6. The topological polar surface area (TPSA) is 41.4 Å². The van der Waals surface area contributed by atoms with Gasteiger partial charge in [-0.25, -0.2) is 4.39 Å². The van der Waals surface area contributed by atoms with Crippen LogP contribution in [0.1, 0.15) is 11.3 Å². The molecule has 2 rings (SSSR count). The minimum absolute atomic E-state index is 0. The van der Waals surface area contributed by atoms with Crippen molar-refractivity contribution in [2.45, 2.75) is 13.1 Å². The lowest BCUT2D eigenvalue weighted by Crippen LogP contribution is -2.36. The van der Waals surface area contributed by atoms with Gasteiger partial charge < -0.3 is 15.2 Å². The summed E-state index contributed by atoms with van der Waals surface area (Å²) in [7, 11) is 3.51. The first-order valence-electron chi connectivity index (χ1n) is 6.70. The molecule has 0 saturated carbocycles. The highest BCUT2D eigenvalue weighted by atomic mass is 127. The van der Waals surface area contributed by atoms with E-state index >= 15 is 0 Å². The van der Waals surface area contributed by atoms with Crippen LogP contribution < -0.4 is 10.6 Å². The minimum atomic E-state index is -0.254. The van der Waals surface area contributed by atoms with Crippen molar-refractivity contribution in [2.24, 2.45) is 12.0 Å². The third-order valence-electron chi connectivity index (χ3n) is 3.23. The van der Waals surface area contributed by atoms with Gasteiger partial charge in [0, 0.05) is 26.3 Å². The van der Waals surface area contributed by atoms with Crippen LogP contribution in [0, 0.1) is 5.82 Å². The van der Waals surface area contributed by atoms with E-state index in [2.05, 4.69) is 15.6 Å². The molecular weight excluding hydrogens is 453 g/mol. The van der Waals surface area contributed by atoms with E-state index in [1.807, 2.05) is 13.1 Å². The highest BCUT2D eigenvalue weighted by Gasteiger charge is 2.09. The Bertz CT molecular complexity index is 688. The summed E-state index contributed by atoms with van der Waals surface area (Å²) in [5.74, 6) is 0.355. The monoisotopic (exact) mass is 470 g/mol. The second-order valence-electron chi connectivity index (χ2n) is 4.74. The van der Waals surface area contributed by atoms with Gasteiger partial charge in [-0.15, -0.1) is 24.0 Å². The Morgan fingerprint density at radius 2 is 1.91 bits per heavy atom. The molecule has 0 aliphatic heterocycles. The molecule has 0 unspecified atom stereocenters. The first kappa shape index (κ1) is 20.1. The SMILES string of the molecule is CN=C(NCc1cccc(F)c1)NCc1cc(Cl)c(Cl)n1C.I. The van der Waals surface area contributed by atoms with Crippen molar-refractivity contribution < 1.29 is 4.39 Å². The molecule has 2 aromatic rings. The number of nitrogens with one attached hydrogen (secondary N) is 2. The maximum absolute atomic E-state index is 13.1. The molecule has 126 valence electrons.